The van der Waals surface area contributed by atoms with Crippen LogP contribution < -0.4 is 5.56 Å². The molecule has 2 aromatic heterocycles. The summed E-state index contributed by atoms with van der Waals surface area (Å²) in [4.78, 5) is 25.0. The molecular weight excluding hydrogens is 312 g/mol. The number of hydrogen-bond donors (Lipinski definition) is 1. The van der Waals surface area contributed by atoms with Crippen LogP contribution >= 0.6 is 0 Å². The molecule has 5 heteroatoms. The third-order valence-electron chi connectivity index (χ3n) is 4.29. The van der Waals surface area contributed by atoms with Crippen LogP contribution in [0.15, 0.2) is 47.7 Å². The molecular formula is C20H24N4O. The quantitative estimate of drug-likeness (QED) is 0.750. The minimum Gasteiger partial charge on any atom is -0.342 e. The molecule has 5 nitrogen and oxygen atoms in total. The highest BCUT2D eigenvalue weighted by Crippen LogP contribution is 2.16. The molecule has 3 aromatic rings. The summed E-state index contributed by atoms with van der Waals surface area (Å²) in [6, 6.07) is 10.2. The van der Waals surface area contributed by atoms with Crippen molar-refractivity contribution < 1.29 is 0 Å². The number of nitrogens with zero attached hydrogens (tertiary/aromatic N) is 3. The smallest absolute Gasteiger partial charge is 0.257 e. The van der Waals surface area contributed by atoms with Crippen molar-refractivity contribution in [2.24, 2.45) is 5.92 Å². The van der Waals surface area contributed by atoms with E-state index in [-0.39, 0.29) is 5.56 Å². The van der Waals surface area contributed by atoms with Crippen molar-refractivity contribution in [2.45, 2.75) is 40.2 Å². The summed E-state index contributed by atoms with van der Waals surface area (Å²) < 4.78 is 1.78. The minimum atomic E-state index is 0.0572. The van der Waals surface area contributed by atoms with Gasteiger partial charge in [0.15, 0.2) is 5.82 Å². The first-order valence-electron chi connectivity index (χ1n) is 8.69. The van der Waals surface area contributed by atoms with Crippen LogP contribution in [0.2, 0.25) is 0 Å². The van der Waals surface area contributed by atoms with E-state index in [1.807, 2.05) is 25.1 Å². The standard InChI is InChI=1S/C20H24N4O/c1-14(2)11-17-15(3)23-19(18-12-21-13-22-18)24(20(17)25)10-9-16-7-5-4-6-8-16/h4-8,12-14H,9-11H2,1-3H3,(H,21,22). The highest BCUT2D eigenvalue weighted by atomic mass is 16.1. The van der Waals surface area contributed by atoms with E-state index >= 15 is 0 Å². The van der Waals surface area contributed by atoms with Crippen molar-refractivity contribution in [3.05, 3.63) is 70.0 Å². The molecule has 0 fully saturated rings. The van der Waals surface area contributed by atoms with E-state index in [9.17, 15) is 4.79 Å². The maximum Gasteiger partial charge on any atom is 0.257 e. The second kappa shape index (κ2) is 7.47. The summed E-state index contributed by atoms with van der Waals surface area (Å²) in [6.45, 7) is 6.75. The zero-order valence-corrected chi connectivity index (χ0v) is 15.0. The molecule has 0 radical (unpaired) electrons. The Morgan fingerprint density at radius 3 is 2.60 bits per heavy atom. The Bertz CT molecular complexity index is 880. The first-order valence-corrected chi connectivity index (χ1v) is 8.69. The van der Waals surface area contributed by atoms with Gasteiger partial charge in [-0.1, -0.05) is 44.2 Å². The van der Waals surface area contributed by atoms with E-state index < -0.39 is 0 Å². The minimum absolute atomic E-state index is 0.0572. The Morgan fingerprint density at radius 2 is 1.96 bits per heavy atom. The molecule has 0 spiro atoms. The molecule has 0 aliphatic heterocycles. The van der Waals surface area contributed by atoms with Crippen LogP contribution in [0, 0.1) is 12.8 Å². The van der Waals surface area contributed by atoms with Crippen molar-refractivity contribution in [3.63, 3.8) is 0 Å². The van der Waals surface area contributed by atoms with Gasteiger partial charge in [0.1, 0.15) is 5.69 Å². The molecule has 1 aromatic carbocycles. The molecule has 2 heterocycles. The topological polar surface area (TPSA) is 63.6 Å². The van der Waals surface area contributed by atoms with Crippen LogP contribution in [0.5, 0.6) is 0 Å². The molecule has 3 rings (SSSR count). The van der Waals surface area contributed by atoms with Gasteiger partial charge in [0, 0.05) is 17.8 Å². The van der Waals surface area contributed by atoms with E-state index in [0.29, 0.717) is 18.3 Å². The molecule has 0 aliphatic carbocycles. The summed E-state index contributed by atoms with van der Waals surface area (Å²) in [7, 11) is 0. The monoisotopic (exact) mass is 336 g/mol. The third-order valence-corrected chi connectivity index (χ3v) is 4.29. The second-order valence-corrected chi connectivity index (χ2v) is 6.76. The Morgan fingerprint density at radius 1 is 1.20 bits per heavy atom. The number of benzene rings is 1. The first-order chi connectivity index (χ1) is 12.1. The van der Waals surface area contributed by atoms with Crippen LogP contribution in [0.4, 0.5) is 0 Å². The number of nitrogens with one attached hydrogen (secondary N) is 1. The fraction of sp³-hybridized carbons (Fsp3) is 0.350. The third kappa shape index (κ3) is 3.87. The predicted octanol–water partition coefficient (Wildman–Crippen LogP) is 3.38. The van der Waals surface area contributed by atoms with Gasteiger partial charge in [-0.3, -0.25) is 9.36 Å². The lowest BCUT2D eigenvalue weighted by molar-refractivity contribution is 0.605. The largest absolute Gasteiger partial charge is 0.342 e. The molecule has 0 saturated carbocycles. The Kier molecular flexibility index (Phi) is 5.12. The number of H-pyrrole nitrogens is 1. The summed E-state index contributed by atoms with van der Waals surface area (Å²) in [5.41, 5.74) is 3.65. The number of rotatable bonds is 6. The Balaban J connectivity index is 2.04. The van der Waals surface area contributed by atoms with E-state index in [2.05, 4.69) is 35.9 Å². The van der Waals surface area contributed by atoms with Crippen molar-refractivity contribution >= 4 is 0 Å². The van der Waals surface area contributed by atoms with E-state index in [1.54, 1.807) is 17.1 Å². The summed E-state index contributed by atoms with van der Waals surface area (Å²) in [5, 5.41) is 0. The maximum atomic E-state index is 13.2. The van der Waals surface area contributed by atoms with Crippen LogP contribution in [-0.2, 0) is 19.4 Å². The van der Waals surface area contributed by atoms with Gasteiger partial charge in [-0.05, 0) is 31.2 Å². The lowest BCUT2D eigenvalue weighted by Crippen LogP contribution is -2.29. The fourth-order valence-electron chi connectivity index (χ4n) is 3.02. The van der Waals surface area contributed by atoms with E-state index in [4.69, 9.17) is 4.98 Å². The molecule has 0 unspecified atom stereocenters. The van der Waals surface area contributed by atoms with Crippen LogP contribution in [0.25, 0.3) is 11.5 Å². The number of aromatic nitrogens is 4. The molecule has 0 bridgehead atoms. The normalized spacial score (nSPS) is 11.2. The zero-order valence-electron chi connectivity index (χ0n) is 15.0. The maximum absolute atomic E-state index is 13.2. The fourth-order valence-corrected chi connectivity index (χ4v) is 3.02. The number of imidazole rings is 1. The first kappa shape index (κ1) is 17.1. The molecule has 0 saturated heterocycles. The molecule has 0 aliphatic rings. The SMILES string of the molecule is Cc1nc(-c2cnc[nH]2)n(CCc2ccccc2)c(=O)c1CC(C)C. The van der Waals surface area contributed by atoms with Gasteiger partial charge in [-0.2, -0.15) is 0 Å². The van der Waals surface area contributed by atoms with E-state index in [1.165, 1.54) is 5.56 Å². The zero-order chi connectivity index (χ0) is 17.8. The molecule has 0 atom stereocenters. The highest BCUT2D eigenvalue weighted by molar-refractivity contribution is 5.49. The molecule has 130 valence electrons. The van der Waals surface area contributed by atoms with Gasteiger partial charge in [0.2, 0.25) is 0 Å². The highest BCUT2D eigenvalue weighted by Gasteiger charge is 2.17. The van der Waals surface area contributed by atoms with Crippen molar-refractivity contribution in [2.75, 3.05) is 0 Å². The van der Waals surface area contributed by atoms with Gasteiger partial charge < -0.3 is 4.98 Å². The van der Waals surface area contributed by atoms with Gasteiger partial charge in [0.05, 0.1) is 12.5 Å². The molecule has 0 amide bonds. The summed E-state index contributed by atoms with van der Waals surface area (Å²) in [6.07, 6.45) is 4.85. The van der Waals surface area contributed by atoms with Crippen LogP contribution in [0.3, 0.4) is 0 Å². The average Bonchev–Trinajstić information content (AvgIpc) is 3.12. The number of hydrogen-bond acceptors (Lipinski definition) is 3. The Labute approximate surface area is 147 Å². The van der Waals surface area contributed by atoms with Crippen LogP contribution in [0.1, 0.15) is 30.7 Å². The summed E-state index contributed by atoms with van der Waals surface area (Å²) in [5.74, 6) is 1.07. The van der Waals surface area contributed by atoms with Gasteiger partial charge in [-0.15, -0.1) is 0 Å². The lowest BCUT2D eigenvalue weighted by Gasteiger charge is -2.16. The average molecular weight is 336 g/mol. The van der Waals surface area contributed by atoms with Crippen molar-refractivity contribution in [1.29, 1.82) is 0 Å². The van der Waals surface area contributed by atoms with Gasteiger partial charge in [0.25, 0.3) is 5.56 Å². The molecule has 1 N–H and O–H groups in total. The van der Waals surface area contributed by atoms with E-state index in [0.717, 1.165) is 29.8 Å². The lowest BCUT2D eigenvalue weighted by atomic mass is 10.0. The number of aromatic amines is 1. The van der Waals surface area contributed by atoms with Crippen LogP contribution in [-0.4, -0.2) is 19.5 Å². The summed E-state index contributed by atoms with van der Waals surface area (Å²) >= 11 is 0. The van der Waals surface area contributed by atoms with Crippen molar-refractivity contribution in [1.82, 2.24) is 19.5 Å². The predicted molar refractivity (Wildman–Crippen MR) is 99.5 cm³/mol. The number of aryl methyl sites for hydroxylation is 2. The second-order valence-electron chi connectivity index (χ2n) is 6.76. The van der Waals surface area contributed by atoms with Crippen molar-refractivity contribution in [3.8, 4) is 11.5 Å². The van der Waals surface area contributed by atoms with Gasteiger partial charge >= 0.3 is 0 Å². The Hall–Kier alpha value is -2.69. The molecule has 25 heavy (non-hydrogen) atoms. The van der Waals surface area contributed by atoms with Gasteiger partial charge in [-0.25, -0.2) is 9.97 Å².